The van der Waals surface area contributed by atoms with Gasteiger partial charge < -0.3 is 10.1 Å². The first-order valence-electron chi connectivity index (χ1n) is 5.49. The highest BCUT2D eigenvalue weighted by molar-refractivity contribution is 4.85. The third-order valence-corrected chi connectivity index (χ3v) is 1.95. The lowest BCUT2D eigenvalue weighted by atomic mass is 10.1. The smallest absolute Gasteiger partial charge is 0.0623 e. The van der Waals surface area contributed by atoms with Crippen molar-refractivity contribution in [1.29, 1.82) is 0 Å². The van der Waals surface area contributed by atoms with Crippen LogP contribution in [0.1, 0.15) is 40.0 Å². The predicted octanol–water partition coefficient (Wildman–Crippen LogP) is 2.19. The minimum Gasteiger partial charge on any atom is -0.377 e. The van der Waals surface area contributed by atoms with Crippen molar-refractivity contribution < 1.29 is 4.74 Å². The summed E-state index contributed by atoms with van der Waals surface area (Å²) in [6, 6.07) is 0.411. The van der Waals surface area contributed by atoms with Crippen molar-refractivity contribution in [2.75, 3.05) is 13.2 Å². The maximum atomic E-state index is 5.57. The highest BCUT2D eigenvalue weighted by atomic mass is 16.5. The maximum absolute atomic E-state index is 5.57. The van der Waals surface area contributed by atoms with Gasteiger partial charge in [0.1, 0.15) is 0 Å². The van der Waals surface area contributed by atoms with E-state index in [1.54, 1.807) is 0 Å². The number of nitrogens with one attached hydrogen (secondary N) is 1. The molecule has 0 saturated carbocycles. The second-order valence-corrected chi connectivity index (χ2v) is 3.78. The third kappa shape index (κ3) is 8.10. The molecule has 0 radical (unpaired) electrons. The molecule has 1 atom stereocenters. The molecule has 0 aliphatic rings. The Hall–Kier alpha value is -0.520. The van der Waals surface area contributed by atoms with Gasteiger partial charge in [0.05, 0.1) is 12.7 Å². The van der Waals surface area contributed by atoms with E-state index in [1.165, 1.54) is 0 Å². The summed E-state index contributed by atoms with van der Waals surface area (Å²) in [5.74, 6) is 2.67. The van der Waals surface area contributed by atoms with Crippen molar-refractivity contribution in [1.82, 2.24) is 5.32 Å². The first-order chi connectivity index (χ1) is 6.70. The SMILES string of the molecule is C#CCCC(COC(C)C)NCCC. The van der Waals surface area contributed by atoms with E-state index in [0.717, 1.165) is 32.4 Å². The Labute approximate surface area is 88.4 Å². The van der Waals surface area contributed by atoms with Gasteiger partial charge in [0, 0.05) is 12.5 Å². The Kier molecular flexibility index (Phi) is 8.72. The molecule has 0 aromatic carbocycles. The van der Waals surface area contributed by atoms with E-state index in [2.05, 4.69) is 32.0 Å². The number of hydrogen-bond donors (Lipinski definition) is 1. The van der Waals surface area contributed by atoms with Crippen molar-refractivity contribution >= 4 is 0 Å². The van der Waals surface area contributed by atoms with Crippen molar-refractivity contribution in [3.8, 4) is 12.3 Å². The summed E-state index contributed by atoms with van der Waals surface area (Å²) in [4.78, 5) is 0. The van der Waals surface area contributed by atoms with E-state index in [0.29, 0.717) is 12.1 Å². The zero-order chi connectivity index (χ0) is 10.8. The molecule has 14 heavy (non-hydrogen) atoms. The maximum Gasteiger partial charge on any atom is 0.0623 e. The van der Waals surface area contributed by atoms with Crippen LogP contribution < -0.4 is 5.32 Å². The molecule has 2 heteroatoms. The van der Waals surface area contributed by atoms with E-state index in [9.17, 15) is 0 Å². The molecule has 0 saturated heterocycles. The van der Waals surface area contributed by atoms with Gasteiger partial charge in [0.2, 0.25) is 0 Å². The molecule has 1 N–H and O–H groups in total. The van der Waals surface area contributed by atoms with Crippen LogP contribution in [0.5, 0.6) is 0 Å². The first-order valence-corrected chi connectivity index (χ1v) is 5.49. The molecule has 0 spiro atoms. The van der Waals surface area contributed by atoms with Crippen LogP contribution in [0.3, 0.4) is 0 Å². The fourth-order valence-electron chi connectivity index (χ4n) is 1.16. The number of ether oxygens (including phenoxy) is 1. The molecule has 0 bridgehead atoms. The normalized spacial score (nSPS) is 12.8. The Bertz CT molecular complexity index is 160. The Morgan fingerprint density at radius 1 is 1.43 bits per heavy atom. The molecule has 0 aliphatic carbocycles. The largest absolute Gasteiger partial charge is 0.377 e. The molecule has 0 aromatic heterocycles. The Balaban J connectivity index is 3.67. The van der Waals surface area contributed by atoms with Gasteiger partial charge in [0.25, 0.3) is 0 Å². The Morgan fingerprint density at radius 3 is 2.64 bits per heavy atom. The monoisotopic (exact) mass is 197 g/mol. The van der Waals surface area contributed by atoms with Crippen molar-refractivity contribution in [2.45, 2.75) is 52.2 Å². The summed E-state index contributed by atoms with van der Waals surface area (Å²) in [5.41, 5.74) is 0. The van der Waals surface area contributed by atoms with E-state index in [-0.39, 0.29) is 0 Å². The average Bonchev–Trinajstić information content (AvgIpc) is 2.16. The van der Waals surface area contributed by atoms with Crippen LogP contribution in [0.4, 0.5) is 0 Å². The van der Waals surface area contributed by atoms with Gasteiger partial charge in [-0.2, -0.15) is 0 Å². The molecular weight excluding hydrogens is 174 g/mol. The molecule has 0 aromatic rings. The molecule has 0 heterocycles. The highest BCUT2D eigenvalue weighted by Crippen LogP contribution is 2.00. The van der Waals surface area contributed by atoms with Gasteiger partial charge in [-0.25, -0.2) is 0 Å². The van der Waals surface area contributed by atoms with Crippen LogP contribution in [-0.4, -0.2) is 25.3 Å². The van der Waals surface area contributed by atoms with E-state index >= 15 is 0 Å². The van der Waals surface area contributed by atoms with E-state index in [1.807, 2.05) is 0 Å². The van der Waals surface area contributed by atoms with Gasteiger partial charge in [-0.1, -0.05) is 6.92 Å². The molecule has 0 amide bonds. The molecule has 0 aliphatic heterocycles. The van der Waals surface area contributed by atoms with E-state index in [4.69, 9.17) is 11.2 Å². The molecule has 2 nitrogen and oxygen atoms in total. The zero-order valence-electron chi connectivity index (χ0n) is 9.68. The summed E-state index contributed by atoms with van der Waals surface area (Å²) in [7, 11) is 0. The quantitative estimate of drug-likeness (QED) is 0.602. The van der Waals surface area contributed by atoms with Gasteiger partial charge in [-0.05, 0) is 33.2 Å². The number of rotatable bonds is 8. The van der Waals surface area contributed by atoms with Crippen LogP contribution in [0.25, 0.3) is 0 Å². The van der Waals surface area contributed by atoms with Gasteiger partial charge in [0.15, 0.2) is 0 Å². The summed E-state index contributed by atoms with van der Waals surface area (Å²) in [5, 5.41) is 3.44. The van der Waals surface area contributed by atoms with Crippen molar-refractivity contribution in [3.05, 3.63) is 0 Å². The summed E-state index contributed by atoms with van der Waals surface area (Å²) >= 11 is 0. The topological polar surface area (TPSA) is 21.3 Å². The average molecular weight is 197 g/mol. The lowest BCUT2D eigenvalue weighted by Crippen LogP contribution is -2.34. The predicted molar refractivity (Wildman–Crippen MR) is 61.2 cm³/mol. The lowest BCUT2D eigenvalue weighted by molar-refractivity contribution is 0.0599. The van der Waals surface area contributed by atoms with Crippen LogP contribution in [-0.2, 0) is 4.74 Å². The molecular formula is C12H23NO. The van der Waals surface area contributed by atoms with Crippen LogP contribution >= 0.6 is 0 Å². The standard InChI is InChI=1S/C12H23NO/c1-5-7-8-12(13-9-6-2)10-14-11(3)4/h1,11-13H,6-10H2,2-4H3. The van der Waals surface area contributed by atoms with Gasteiger partial charge in [-0.3, -0.25) is 0 Å². The third-order valence-electron chi connectivity index (χ3n) is 1.95. The molecule has 0 rings (SSSR count). The summed E-state index contributed by atoms with van der Waals surface area (Å²) in [6.07, 6.45) is 8.51. The fourth-order valence-corrected chi connectivity index (χ4v) is 1.16. The highest BCUT2D eigenvalue weighted by Gasteiger charge is 2.07. The lowest BCUT2D eigenvalue weighted by Gasteiger charge is -2.19. The van der Waals surface area contributed by atoms with Crippen molar-refractivity contribution in [2.24, 2.45) is 0 Å². The second kappa shape index (κ2) is 9.05. The van der Waals surface area contributed by atoms with Gasteiger partial charge >= 0.3 is 0 Å². The molecule has 1 unspecified atom stereocenters. The van der Waals surface area contributed by atoms with Crippen molar-refractivity contribution in [3.63, 3.8) is 0 Å². The van der Waals surface area contributed by atoms with Crippen LogP contribution in [0, 0.1) is 12.3 Å². The minimum absolute atomic E-state index is 0.298. The molecule has 82 valence electrons. The number of hydrogen-bond acceptors (Lipinski definition) is 2. The van der Waals surface area contributed by atoms with Crippen LogP contribution in [0.15, 0.2) is 0 Å². The summed E-state index contributed by atoms with van der Waals surface area (Å²) < 4.78 is 5.57. The zero-order valence-corrected chi connectivity index (χ0v) is 9.68. The van der Waals surface area contributed by atoms with Gasteiger partial charge in [-0.15, -0.1) is 12.3 Å². The molecule has 0 fully saturated rings. The summed E-state index contributed by atoms with van der Waals surface area (Å²) in [6.45, 7) is 8.07. The van der Waals surface area contributed by atoms with E-state index < -0.39 is 0 Å². The first kappa shape index (κ1) is 13.5. The van der Waals surface area contributed by atoms with Crippen LogP contribution in [0.2, 0.25) is 0 Å². The minimum atomic E-state index is 0.298. The fraction of sp³-hybridized carbons (Fsp3) is 0.833. The number of terminal acetylenes is 1. The Morgan fingerprint density at radius 2 is 2.14 bits per heavy atom. The second-order valence-electron chi connectivity index (χ2n) is 3.78.